The molecular formula is C20H26NO4S2-. The van der Waals surface area contributed by atoms with Crippen LogP contribution in [-0.4, -0.2) is 27.6 Å². The van der Waals surface area contributed by atoms with E-state index in [1.54, 1.807) is 11.0 Å². The quantitative estimate of drug-likeness (QED) is 0.295. The summed E-state index contributed by atoms with van der Waals surface area (Å²) in [6.45, 7) is 2.53. The fraction of sp³-hybridized carbons (Fsp3) is 0.550. The summed E-state index contributed by atoms with van der Waals surface area (Å²) in [5, 5.41) is 10.3. The summed E-state index contributed by atoms with van der Waals surface area (Å²) in [7, 11) is 0. The maximum absolute atomic E-state index is 12.5. The predicted octanol–water partition coefficient (Wildman–Crippen LogP) is 4.05. The molecule has 1 aromatic heterocycles. The molecule has 5 nitrogen and oxygen atoms in total. The maximum atomic E-state index is 12.5. The van der Waals surface area contributed by atoms with E-state index in [1.165, 1.54) is 11.8 Å². The summed E-state index contributed by atoms with van der Waals surface area (Å²) in [5.74, 6) is 0.495. The van der Waals surface area contributed by atoms with Gasteiger partial charge in [0.25, 0.3) is 5.91 Å². The lowest BCUT2D eigenvalue weighted by atomic mass is 10.1. The van der Waals surface area contributed by atoms with E-state index in [1.807, 2.05) is 19.1 Å². The van der Waals surface area contributed by atoms with Gasteiger partial charge in [0.15, 0.2) is 0 Å². The molecule has 2 heterocycles. The molecule has 0 saturated carbocycles. The van der Waals surface area contributed by atoms with Gasteiger partial charge in [-0.1, -0.05) is 62.5 Å². The summed E-state index contributed by atoms with van der Waals surface area (Å²) in [6, 6.07) is 3.72. The van der Waals surface area contributed by atoms with Crippen molar-refractivity contribution >= 4 is 46.3 Å². The Hall–Kier alpha value is -1.60. The van der Waals surface area contributed by atoms with Gasteiger partial charge in [0.2, 0.25) is 0 Å². The van der Waals surface area contributed by atoms with E-state index in [2.05, 4.69) is 0 Å². The minimum atomic E-state index is -0.959. The highest BCUT2D eigenvalue weighted by Gasteiger charge is 2.31. The Kier molecular flexibility index (Phi) is 9.07. The smallest absolute Gasteiger partial charge is 0.266 e. The first-order valence-electron chi connectivity index (χ1n) is 9.49. The molecule has 0 atom stereocenters. The third kappa shape index (κ3) is 7.50. The number of unbranched alkanes of at least 4 members (excludes halogenated alkanes) is 7. The summed E-state index contributed by atoms with van der Waals surface area (Å²) in [4.78, 5) is 25.1. The molecule has 7 heteroatoms. The second kappa shape index (κ2) is 11.3. The van der Waals surface area contributed by atoms with E-state index in [9.17, 15) is 14.7 Å². The zero-order chi connectivity index (χ0) is 19.6. The van der Waals surface area contributed by atoms with Crippen LogP contribution < -0.4 is 5.11 Å². The van der Waals surface area contributed by atoms with Gasteiger partial charge in [-0.25, -0.2) is 0 Å². The Morgan fingerprint density at radius 2 is 1.78 bits per heavy atom. The molecule has 27 heavy (non-hydrogen) atoms. The van der Waals surface area contributed by atoms with Crippen LogP contribution in [0.15, 0.2) is 21.5 Å². The molecule has 0 aliphatic carbocycles. The van der Waals surface area contributed by atoms with E-state index < -0.39 is 5.97 Å². The maximum Gasteiger partial charge on any atom is 0.266 e. The van der Waals surface area contributed by atoms with Crippen LogP contribution in [0.25, 0.3) is 6.08 Å². The van der Waals surface area contributed by atoms with Crippen LogP contribution in [0.3, 0.4) is 0 Å². The number of carbonyl (C=O) groups excluding carboxylic acids is 2. The summed E-state index contributed by atoms with van der Waals surface area (Å²) >= 11 is 6.67. The van der Waals surface area contributed by atoms with E-state index in [4.69, 9.17) is 16.6 Å². The molecule has 1 fully saturated rings. The van der Waals surface area contributed by atoms with Crippen molar-refractivity contribution < 1.29 is 19.1 Å². The summed E-state index contributed by atoms with van der Waals surface area (Å²) in [6.07, 6.45) is 10.0. The number of aryl methyl sites for hydroxylation is 1. The Balaban J connectivity index is 1.61. The molecule has 0 aromatic carbocycles. The lowest BCUT2D eigenvalue weighted by Gasteiger charge is -2.14. The zero-order valence-corrected chi connectivity index (χ0v) is 17.3. The first-order chi connectivity index (χ1) is 13.0. The van der Waals surface area contributed by atoms with Crippen LogP contribution in [0.4, 0.5) is 0 Å². The van der Waals surface area contributed by atoms with E-state index in [0.29, 0.717) is 28.0 Å². The van der Waals surface area contributed by atoms with Gasteiger partial charge in [0.05, 0.1) is 4.91 Å². The molecule has 0 radical (unpaired) electrons. The molecule has 0 N–H and O–H groups in total. The molecule has 148 valence electrons. The van der Waals surface area contributed by atoms with Crippen LogP contribution >= 0.6 is 24.0 Å². The summed E-state index contributed by atoms with van der Waals surface area (Å²) < 4.78 is 6.11. The lowest BCUT2D eigenvalue weighted by Crippen LogP contribution is -2.29. The van der Waals surface area contributed by atoms with Crippen molar-refractivity contribution in [2.45, 2.75) is 64.7 Å². The van der Waals surface area contributed by atoms with Crippen molar-refractivity contribution in [2.75, 3.05) is 6.54 Å². The Bertz CT molecular complexity index is 696. The average Bonchev–Trinajstić information content (AvgIpc) is 3.13. The fourth-order valence-electron chi connectivity index (χ4n) is 2.95. The number of thioether (sulfide) groups is 1. The number of furan rings is 1. The number of carboxylic acids is 1. The number of aliphatic carboxylic acids is 1. The topological polar surface area (TPSA) is 73.6 Å². The van der Waals surface area contributed by atoms with Gasteiger partial charge in [0, 0.05) is 18.6 Å². The average molecular weight is 409 g/mol. The van der Waals surface area contributed by atoms with Gasteiger partial charge in [-0.15, -0.1) is 0 Å². The highest BCUT2D eigenvalue weighted by molar-refractivity contribution is 8.26. The van der Waals surface area contributed by atoms with Crippen LogP contribution in [0.2, 0.25) is 0 Å². The predicted molar refractivity (Wildman–Crippen MR) is 110 cm³/mol. The van der Waals surface area contributed by atoms with Crippen molar-refractivity contribution in [3.05, 3.63) is 28.6 Å². The number of thiocarbonyl (C=S) groups is 1. The van der Waals surface area contributed by atoms with Gasteiger partial charge in [0.1, 0.15) is 15.8 Å². The standard InChI is InChI=1S/C20H27NO4S2/c1-15-11-12-16(25-15)14-17-19(24)21(20(26)27-17)13-9-7-5-3-2-4-6-8-10-18(22)23/h11-12,14H,2-10,13H2,1H3,(H,22,23)/p-1/b17-14-. The molecule has 1 amide bonds. The van der Waals surface area contributed by atoms with Crippen LogP contribution in [0.1, 0.15) is 69.3 Å². The highest BCUT2D eigenvalue weighted by Crippen LogP contribution is 2.33. The van der Waals surface area contributed by atoms with Crippen molar-refractivity contribution in [3.63, 3.8) is 0 Å². The molecule has 0 bridgehead atoms. The first kappa shape index (κ1) is 21.7. The molecule has 1 saturated heterocycles. The molecular weight excluding hydrogens is 382 g/mol. The monoisotopic (exact) mass is 408 g/mol. The molecule has 1 aromatic rings. The number of carboxylic acid groups (broad SMARTS) is 1. The van der Waals surface area contributed by atoms with Crippen molar-refractivity contribution in [1.29, 1.82) is 0 Å². The summed E-state index contributed by atoms with van der Waals surface area (Å²) in [5.41, 5.74) is 0. The number of hydrogen-bond acceptors (Lipinski definition) is 6. The molecule has 0 spiro atoms. The second-order valence-electron chi connectivity index (χ2n) is 6.73. The molecule has 1 aliphatic heterocycles. The van der Waals surface area contributed by atoms with Gasteiger partial charge in [-0.3, -0.25) is 9.69 Å². The largest absolute Gasteiger partial charge is 0.550 e. The van der Waals surface area contributed by atoms with Crippen molar-refractivity contribution in [3.8, 4) is 0 Å². The SMILES string of the molecule is Cc1ccc(/C=C2\SC(=S)N(CCCCCCCCCCC(=O)[O-])C2=O)o1. The van der Waals surface area contributed by atoms with E-state index in [-0.39, 0.29) is 12.3 Å². The van der Waals surface area contributed by atoms with Crippen LogP contribution in [0, 0.1) is 6.92 Å². The lowest BCUT2D eigenvalue weighted by molar-refractivity contribution is -0.305. The number of rotatable bonds is 12. The van der Waals surface area contributed by atoms with Gasteiger partial charge in [-0.05, 0) is 38.3 Å². The van der Waals surface area contributed by atoms with Gasteiger partial charge < -0.3 is 14.3 Å². The Labute approximate surface area is 170 Å². The van der Waals surface area contributed by atoms with E-state index >= 15 is 0 Å². The van der Waals surface area contributed by atoms with Crippen LogP contribution in [0.5, 0.6) is 0 Å². The third-order valence-corrected chi connectivity index (χ3v) is 5.80. The highest BCUT2D eigenvalue weighted by atomic mass is 32.2. The number of amides is 1. The van der Waals surface area contributed by atoms with Crippen molar-refractivity contribution in [1.82, 2.24) is 4.90 Å². The minimum Gasteiger partial charge on any atom is -0.550 e. The van der Waals surface area contributed by atoms with Crippen molar-refractivity contribution in [2.24, 2.45) is 0 Å². The van der Waals surface area contributed by atoms with Gasteiger partial charge >= 0.3 is 0 Å². The molecule has 1 aliphatic rings. The van der Waals surface area contributed by atoms with Gasteiger partial charge in [-0.2, -0.15) is 0 Å². The molecule has 0 unspecified atom stereocenters. The Morgan fingerprint density at radius 3 is 2.37 bits per heavy atom. The fourth-order valence-corrected chi connectivity index (χ4v) is 4.24. The van der Waals surface area contributed by atoms with Crippen LogP contribution in [-0.2, 0) is 9.59 Å². The number of carbonyl (C=O) groups is 2. The second-order valence-corrected chi connectivity index (χ2v) is 8.41. The number of nitrogens with zero attached hydrogens (tertiary/aromatic N) is 1. The minimum absolute atomic E-state index is 0.0352. The molecule has 2 rings (SSSR count). The first-order valence-corrected chi connectivity index (χ1v) is 10.7. The number of hydrogen-bond donors (Lipinski definition) is 0. The Morgan fingerprint density at radius 1 is 1.15 bits per heavy atom. The normalized spacial score (nSPS) is 15.9. The third-order valence-electron chi connectivity index (χ3n) is 4.42. The van der Waals surface area contributed by atoms with E-state index in [0.717, 1.165) is 50.7 Å². The zero-order valence-electron chi connectivity index (χ0n) is 15.7.